The van der Waals surface area contributed by atoms with E-state index in [1.165, 1.54) is 12.1 Å². The third kappa shape index (κ3) is 3.28. The quantitative estimate of drug-likeness (QED) is 0.547. The van der Waals surface area contributed by atoms with E-state index in [4.69, 9.17) is 4.42 Å². The van der Waals surface area contributed by atoms with Gasteiger partial charge in [0.25, 0.3) is 0 Å². The molecule has 8 heteroatoms. The third-order valence-electron chi connectivity index (χ3n) is 4.67. The van der Waals surface area contributed by atoms with E-state index in [1.54, 1.807) is 35.3 Å². The molecule has 28 heavy (non-hydrogen) atoms. The first-order valence-corrected chi connectivity index (χ1v) is 8.97. The molecule has 0 spiro atoms. The van der Waals surface area contributed by atoms with E-state index in [9.17, 15) is 9.18 Å². The Balaban J connectivity index is 1.58. The molecular formula is C20H20FN5O2. The van der Waals surface area contributed by atoms with Crippen molar-refractivity contribution in [2.24, 2.45) is 5.92 Å². The molecule has 4 rings (SSSR count). The molecular weight excluding hydrogens is 361 g/mol. The fourth-order valence-electron chi connectivity index (χ4n) is 3.23. The molecule has 0 unspecified atom stereocenters. The number of urea groups is 1. The number of benzene rings is 1. The summed E-state index contributed by atoms with van der Waals surface area (Å²) in [5.41, 5.74) is 1.94. The summed E-state index contributed by atoms with van der Waals surface area (Å²) in [6, 6.07) is 3.65. The molecule has 2 N–H and O–H groups in total. The van der Waals surface area contributed by atoms with Crippen molar-refractivity contribution >= 4 is 28.5 Å². The van der Waals surface area contributed by atoms with Gasteiger partial charge in [0.2, 0.25) is 5.78 Å². The number of carbonyl (C=O) groups excluding carboxylic acids is 1. The lowest BCUT2D eigenvalue weighted by atomic mass is 9.98. The smallest absolute Gasteiger partial charge is 0.319 e. The van der Waals surface area contributed by atoms with E-state index in [0.29, 0.717) is 28.2 Å². The summed E-state index contributed by atoms with van der Waals surface area (Å²) in [6.45, 7) is 5.83. The minimum atomic E-state index is -0.383. The lowest BCUT2D eigenvalue weighted by Crippen LogP contribution is -2.35. The average molecular weight is 381 g/mol. The van der Waals surface area contributed by atoms with E-state index in [-0.39, 0.29) is 23.8 Å². The van der Waals surface area contributed by atoms with Crippen LogP contribution >= 0.6 is 0 Å². The second kappa shape index (κ2) is 6.95. The third-order valence-corrected chi connectivity index (χ3v) is 4.67. The van der Waals surface area contributed by atoms with Crippen molar-refractivity contribution in [2.45, 2.75) is 26.8 Å². The Bertz CT molecular complexity index is 1160. The Hall–Kier alpha value is -3.42. The normalized spacial score (nSPS) is 12.6. The zero-order valence-corrected chi connectivity index (χ0v) is 15.7. The van der Waals surface area contributed by atoms with Gasteiger partial charge >= 0.3 is 6.03 Å². The van der Waals surface area contributed by atoms with Gasteiger partial charge in [0.05, 0.1) is 17.9 Å². The van der Waals surface area contributed by atoms with Crippen LogP contribution in [-0.4, -0.2) is 20.4 Å². The number of nitrogens with zero attached hydrogens (tertiary/aromatic N) is 3. The first kappa shape index (κ1) is 18.0. The minimum absolute atomic E-state index is 0.0594. The van der Waals surface area contributed by atoms with Crippen molar-refractivity contribution in [3.63, 3.8) is 0 Å². The second-order valence-electron chi connectivity index (χ2n) is 7.03. The molecule has 4 aromatic rings. The molecule has 0 saturated carbocycles. The SMILES string of the molecule is Cc1c([C@H](NC(=O)Nc2cnc3nccn3c2)C(C)C)oc2ccc(F)cc12. The molecule has 0 bridgehead atoms. The summed E-state index contributed by atoms with van der Waals surface area (Å²) in [7, 11) is 0. The molecule has 0 radical (unpaired) electrons. The number of halogens is 1. The van der Waals surface area contributed by atoms with E-state index < -0.39 is 0 Å². The van der Waals surface area contributed by atoms with Crippen LogP contribution in [-0.2, 0) is 0 Å². The highest BCUT2D eigenvalue weighted by atomic mass is 19.1. The van der Waals surface area contributed by atoms with Gasteiger partial charge in [0.15, 0.2) is 0 Å². The highest BCUT2D eigenvalue weighted by molar-refractivity contribution is 5.89. The van der Waals surface area contributed by atoms with Gasteiger partial charge < -0.3 is 15.1 Å². The van der Waals surface area contributed by atoms with Crippen molar-refractivity contribution in [1.29, 1.82) is 0 Å². The Morgan fingerprint density at radius 3 is 2.89 bits per heavy atom. The number of hydrogen-bond donors (Lipinski definition) is 2. The lowest BCUT2D eigenvalue weighted by molar-refractivity contribution is 0.241. The molecule has 0 aliphatic heterocycles. The predicted octanol–water partition coefficient (Wildman–Crippen LogP) is 4.44. The zero-order valence-electron chi connectivity index (χ0n) is 15.7. The Labute approximate surface area is 160 Å². The van der Waals surface area contributed by atoms with Crippen LogP contribution in [0.25, 0.3) is 16.7 Å². The number of carbonyl (C=O) groups is 1. The number of rotatable bonds is 4. The van der Waals surface area contributed by atoms with Gasteiger partial charge in [-0.3, -0.25) is 4.40 Å². The monoisotopic (exact) mass is 381 g/mol. The Morgan fingerprint density at radius 2 is 2.11 bits per heavy atom. The number of amides is 2. The van der Waals surface area contributed by atoms with Crippen molar-refractivity contribution < 1.29 is 13.6 Å². The van der Waals surface area contributed by atoms with Gasteiger partial charge in [0, 0.05) is 29.5 Å². The number of imidazole rings is 1. The lowest BCUT2D eigenvalue weighted by Gasteiger charge is -2.21. The number of aryl methyl sites for hydroxylation is 1. The summed E-state index contributed by atoms with van der Waals surface area (Å²) < 4.78 is 21.2. The molecule has 3 aromatic heterocycles. The van der Waals surface area contributed by atoms with Gasteiger partial charge in [-0.2, -0.15) is 0 Å². The number of hydrogen-bond acceptors (Lipinski definition) is 4. The van der Waals surface area contributed by atoms with E-state index in [0.717, 1.165) is 5.56 Å². The molecule has 1 atom stereocenters. The maximum Gasteiger partial charge on any atom is 0.319 e. The number of furan rings is 1. The van der Waals surface area contributed by atoms with Gasteiger partial charge in [-0.15, -0.1) is 0 Å². The second-order valence-corrected chi connectivity index (χ2v) is 7.03. The molecule has 0 aliphatic carbocycles. The molecule has 144 valence electrons. The summed E-state index contributed by atoms with van der Waals surface area (Å²) in [5, 5.41) is 6.43. The average Bonchev–Trinajstić information content (AvgIpc) is 3.24. The Kier molecular flexibility index (Phi) is 4.46. The van der Waals surface area contributed by atoms with Crippen LogP contribution in [0.5, 0.6) is 0 Å². The van der Waals surface area contributed by atoms with Crippen LogP contribution in [0, 0.1) is 18.7 Å². The van der Waals surface area contributed by atoms with E-state index in [1.807, 2.05) is 20.8 Å². The summed E-state index contributed by atoms with van der Waals surface area (Å²) in [5.74, 6) is 0.909. The number of nitrogens with one attached hydrogen (secondary N) is 2. The van der Waals surface area contributed by atoms with Crippen molar-refractivity contribution in [3.8, 4) is 0 Å². The zero-order chi connectivity index (χ0) is 19.8. The summed E-state index contributed by atoms with van der Waals surface area (Å²) >= 11 is 0. The highest BCUT2D eigenvalue weighted by Gasteiger charge is 2.25. The van der Waals surface area contributed by atoms with Gasteiger partial charge in [-0.05, 0) is 31.0 Å². The van der Waals surface area contributed by atoms with Crippen LogP contribution in [0.15, 0.2) is 47.4 Å². The Morgan fingerprint density at radius 1 is 1.29 bits per heavy atom. The predicted molar refractivity (Wildman–Crippen MR) is 104 cm³/mol. The largest absolute Gasteiger partial charge is 0.459 e. The first-order valence-electron chi connectivity index (χ1n) is 8.97. The fourth-order valence-corrected chi connectivity index (χ4v) is 3.23. The van der Waals surface area contributed by atoms with E-state index >= 15 is 0 Å². The molecule has 0 aliphatic rings. The van der Waals surface area contributed by atoms with Gasteiger partial charge in [-0.1, -0.05) is 13.8 Å². The number of anilines is 1. The minimum Gasteiger partial charge on any atom is -0.459 e. The summed E-state index contributed by atoms with van der Waals surface area (Å²) in [6.07, 6.45) is 6.66. The van der Waals surface area contributed by atoms with Crippen LogP contribution in [0.2, 0.25) is 0 Å². The van der Waals surface area contributed by atoms with Crippen molar-refractivity contribution in [1.82, 2.24) is 19.7 Å². The first-order chi connectivity index (χ1) is 13.4. The van der Waals surface area contributed by atoms with E-state index in [2.05, 4.69) is 20.6 Å². The van der Waals surface area contributed by atoms with Crippen LogP contribution in [0.3, 0.4) is 0 Å². The molecule has 1 aromatic carbocycles. The number of fused-ring (bicyclic) bond motifs is 2. The van der Waals surface area contributed by atoms with Crippen molar-refractivity contribution in [3.05, 3.63) is 60.1 Å². The fraction of sp³-hybridized carbons (Fsp3) is 0.250. The van der Waals surface area contributed by atoms with Gasteiger partial charge in [-0.25, -0.2) is 19.2 Å². The van der Waals surface area contributed by atoms with Crippen LogP contribution in [0.4, 0.5) is 14.9 Å². The van der Waals surface area contributed by atoms with Crippen LogP contribution in [0.1, 0.15) is 31.2 Å². The maximum atomic E-state index is 13.6. The van der Waals surface area contributed by atoms with Crippen LogP contribution < -0.4 is 10.6 Å². The molecule has 3 heterocycles. The topological polar surface area (TPSA) is 84.5 Å². The molecule has 2 amide bonds. The van der Waals surface area contributed by atoms with Crippen molar-refractivity contribution in [2.75, 3.05) is 5.32 Å². The maximum absolute atomic E-state index is 13.6. The summed E-state index contributed by atoms with van der Waals surface area (Å²) in [4.78, 5) is 20.8. The number of aromatic nitrogens is 3. The highest BCUT2D eigenvalue weighted by Crippen LogP contribution is 2.33. The molecule has 0 saturated heterocycles. The molecule has 0 fully saturated rings. The molecule has 7 nitrogen and oxygen atoms in total. The van der Waals surface area contributed by atoms with Gasteiger partial charge in [0.1, 0.15) is 17.2 Å². The standard InChI is InChI=1S/C20H20FN5O2/c1-11(2)17(18-12(3)15-8-13(21)4-5-16(15)28-18)25-20(27)24-14-9-23-19-22-6-7-26(19)10-14/h4-11,17H,1-3H3,(H2,24,25,27)/t17-/m1/s1.